The third kappa shape index (κ3) is 2.49. The highest BCUT2D eigenvalue weighted by Gasteiger charge is 2.02. The molecule has 0 unspecified atom stereocenters. The van der Waals surface area contributed by atoms with Crippen molar-refractivity contribution in [3.8, 4) is 10.7 Å². The van der Waals surface area contributed by atoms with Crippen LogP contribution < -0.4 is 0 Å². The predicted octanol–water partition coefficient (Wildman–Crippen LogP) is 2.21. The number of rotatable bonds is 3. The van der Waals surface area contributed by atoms with Crippen LogP contribution in [0.2, 0.25) is 0 Å². The molecule has 4 heteroatoms. The molecule has 0 aromatic carbocycles. The van der Waals surface area contributed by atoms with Crippen LogP contribution in [0, 0.1) is 0 Å². The highest BCUT2D eigenvalue weighted by Crippen LogP contribution is 2.24. The van der Waals surface area contributed by atoms with Gasteiger partial charge in [0.1, 0.15) is 0 Å². The molecule has 2 aromatic rings. The van der Waals surface area contributed by atoms with Crippen molar-refractivity contribution in [2.24, 2.45) is 0 Å². The number of hydrogen-bond acceptors (Lipinski definition) is 4. The summed E-state index contributed by atoms with van der Waals surface area (Å²) < 4.78 is 0. The molecule has 2 aromatic heterocycles. The molecule has 0 bridgehead atoms. The van der Waals surface area contributed by atoms with Gasteiger partial charge >= 0.3 is 0 Å². The molecule has 0 spiro atoms. The van der Waals surface area contributed by atoms with Crippen molar-refractivity contribution in [2.45, 2.75) is 0 Å². The van der Waals surface area contributed by atoms with E-state index in [2.05, 4.69) is 9.97 Å². The SMILES string of the molecule is OC/C=C/c1csc(-c2ncccn2)c1. The lowest BCUT2D eigenvalue weighted by molar-refractivity contribution is 0.343. The largest absolute Gasteiger partial charge is 0.392 e. The lowest BCUT2D eigenvalue weighted by Gasteiger charge is -1.91. The van der Waals surface area contributed by atoms with E-state index < -0.39 is 0 Å². The normalized spacial score (nSPS) is 11.0. The standard InChI is InChI=1S/C11H10N2OS/c14-6-1-3-9-7-10(15-8-9)11-12-4-2-5-13-11/h1-5,7-8,14H,6H2/b3-1+. The second-order valence-corrected chi connectivity index (χ2v) is 3.81. The van der Waals surface area contributed by atoms with E-state index in [4.69, 9.17) is 5.11 Å². The van der Waals surface area contributed by atoms with Crippen LogP contribution >= 0.6 is 11.3 Å². The number of hydrogen-bond donors (Lipinski definition) is 1. The molecule has 2 heterocycles. The first-order chi connectivity index (χ1) is 7.40. The van der Waals surface area contributed by atoms with E-state index in [0.29, 0.717) is 0 Å². The number of aliphatic hydroxyl groups excluding tert-OH is 1. The molecule has 0 aliphatic carbocycles. The van der Waals surface area contributed by atoms with E-state index in [0.717, 1.165) is 16.3 Å². The zero-order valence-electron chi connectivity index (χ0n) is 8.00. The number of aliphatic hydroxyl groups is 1. The van der Waals surface area contributed by atoms with Gasteiger partial charge in [-0.2, -0.15) is 0 Å². The zero-order chi connectivity index (χ0) is 10.5. The van der Waals surface area contributed by atoms with Crippen molar-refractivity contribution in [3.63, 3.8) is 0 Å². The van der Waals surface area contributed by atoms with E-state index in [9.17, 15) is 0 Å². The van der Waals surface area contributed by atoms with Gasteiger partial charge < -0.3 is 5.11 Å². The van der Waals surface area contributed by atoms with Crippen molar-refractivity contribution in [1.82, 2.24) is 9.97 Å². The summed E-state index contributed by atoms with van der Waals surface area (Å²) in [5, 5.41) is 10.7. The van der Waals surface area contributed by atoms with Crippen LogP contribution in [0.5, 0.6) is 0 Å². The van der Waals surface area contributed by atoms with Crippen LogP contribution in [0.1, 0.15) is 5.56 Å². The molecule has 76 valence electrons. The monoisotopic (exact) mass is 218 g/mol. The molecule has 0 atom stereocenters. The fraction of sp³-hybridized carbons (Fsp3) is 0.0909. The molecule has 0 fully saturated rings. The molecule has 2 rings (SSSR count). The van der Waals surface area contributed by atoms with Crippen molar-refractivity contribution < 1.29 is 5.11 Å². The number of aromatic nitrogens is 2. The van der Waals surface area contributed by atoms with Gasteiger partial charge in [-0.3, -0.25) is 0 Å². The summed E-state index contributed by atoms with van der Waals surface area (Å²) >= 11 is 1.60. The zero-order valence-corrected chi connectivity index (χ0v) is 8.81. The van der Waals surface area contributed by atoms with Crippen molar-refractivity contribution in [1.29, 1.82) is 0 Å². The van der Waals surface area contributed by atoms with Gasteiger partial charge in [-0.15, -0.1) is 11.3 Å². The highest BCUT2D eigenvalue weighted by molar-refractivity contribution is 7.13. The average molecular weight is 218 g/mol. The summed E-state index contributed by atoms with van der Waals surface area (Å²) in [6.45, 7) is 0.0625. The van der Waals surface area contributed by atoms with Crippen LogP contribution in [0.3, 0.4) is 0 Å². The van der Waals surface area contributed by atoms with Crippen LogP contribution in [-0.4, -0.2) is 21.7 Å². The van der Waals surface area contributed by atoms with Gasteiger partial charge in [-0.1, -0.05) is 12.2 Å². The first kappa shape index (κ1) is 10.0. The summed E-state index contributed by atoms with van der Waals surface area (Å²) in [6, 6.07) is 3.80. The Bertz CT molecular complexity index is 451. The van der Waals surface area contributed by atoms with E-state index in [1.54, 1.807) is 35.9 Å². The molecule has 0 saturated carbocycles. The van der Waals surface area contributed by atoms with Crippen LogP contribution in [0.25, 0.3) is 16.8 Å². The van der Waals surface area contributed by atoms with Crippen LogP contribution in [0.15, 0.2) is 36.0 Å². The quantitative estimate of drug-likeness (QED) is 0.859. The second kappa shape index (κ2) is 4.82. The molecule has 0 amide bonds. The molecular formula is C11H10N2OS. The molecule has 0 radical (unpaired) electrons. The summed E-state index contributed by atoms with van der Waals surface area (Å²) in [6.07, 6.45) is 7.04. The highest BCUT2D eigenvalue weighted by atomic mass is 32.1. The van der Waals surface area contributed by atoms with Gasteiger partial charge in [0.05, 0.1) is 11.5 Å². The summed E-state index contributed by atoms with van der Waals surface area (Å²) in [5.41, 5.74) is 1.07. The third-order valence-corrected chi connectivity index (χ3v) is 2.77. The fourth-order valence-electron chi connectivity index (χ4n) is 1.17. The molecule has 1 N–H and O–H groups in total. The second-order valence-electron chi connectivity index (χ2n) is 2.90. The average Bonchev–Trinajstić information content (AvgIpc) is 2.76. The maximum atomic E-state index is 8.64. The smallest absolute Gasteiger partial charge is 0.169 e. The van der Waals surface area contributed by atoms with Crippen molar-refractivity contribution in [3.05, 3.63) is 41.5 Å². The lowest BCUT2D eigenvalue weighted by Crippen LogP contribution is -1.82. The summed E-state index contributed by atoms with van der Waals surface area (Å²) in [7, 11) is 0. The minimum atomic E-state index is 0.0625. The predicted molar refractivity (Wildman–Crippen MR) is 61.5 cm³/mol. The number of nitrogens with zero attached hydrogens (tertiary/aromatic N) is 2. The molecule has 0 aliphatic heterocycles. The number of thiophene rings is 1. The minimum absolute atomic E-state index is 0.0625. The molecule has 0 aliphatic rings. The topological polar surface area (TPSA) is 46.0 Å². The molecule has 15 heavy (non-hydrogen) atoms. The van der Waals surface area contributed by atoms with Gasteiger partial charge in [-0.05, 0) is 23.1 Å². The van der Waals surface area contributed by atoms with Gasteiger partial charge in [0.2, 0.25) is 0 Å². The first-order valence-electron chi connectivity index (χ1n) is 4.53. The molecular weight excluding hydrogens is 208 g/mol. The van der Waals surface area contributed by atoms with Crippen LogP contribution in [-0.2, 0) is 0 Å². The summed E-state index contributed by atoms with van der Waals surface area (Å²) in [5.74, 6) is 0.742. The Balaban J connectivity index is 2.24. The molecule has 3 nitrogen and oxygen atoms in total. The van der Waals surface area contributed by atoms with Gasteiger partial charge in [0, 0.05) is 12.4 Å². The Morgan fingerprint density at radius 3 is 2.87 bits per heavy atom. The van der Waals surface area contributed by atoms with E-state index in [-0.39, 0.29) is 6.61 Å². The Hall–Kier alpha value is -1.52. The lowest BCUT2D eigenvalue weighted by atomic mass is 10.3. The van der Waals surface area contributed by atoms with Gasteiger partial charge in [-0.25, -0.2) is 9.97 Å². The fourth-order valence-corrected chi connectivity index (χ4v) is 2.00. The Kier molecular flexibility index (Phi) is 3.22. The van der Waals surface area contributed by atoms with Crippen molar-refractivity contribution in [2.75, 3.05) is 6.61 Å². The van der Waals surface area contributed by atoms with Gasteiger partial charge in [0.25, 0.3) is 0 Å². The third-order valence-electron chi connectivity index (χ3n) is 1.82. The Morgan fingerprint density at radius 2 is 2.13 bits per heavy atom. The van der Waals surface area contributed by atoms with Crippen molar-refractivity contribution >= 4 is 17.4 Å². The summed E-state index contributed by atoms with van der Waals surface area (Å²) in [4.78, 5) is 9.37. The van der Waals surface area contributed by atoms with Crippen LogP contribution in [0.4, 0.5) is 0 Å². The Labute approximate surface area is 91.8 Å². The molecule has 0 saturated heterocycles. The van der Waals surface area contributed by atoms with E-state index in [1.165, 1.54) is 0 Å². The van der Waals surface area contributed by atoms with Gasteiger partial charge in [0.15, 0.2) is 5.82 Å². The van der Waals surface area contributed by atoms with E-state index >= 15 is 0 Å². The maximum Gasteiger partial charge on any atom is 0.169 e. The minimum Gasteiger partial charge on any atom is -0.392 e. The maximum absolute atomic E-state index is 8.64. The first-order valence-corrected chi connectivity index (χ1v) is 5.41. The Morgan fingerprint density at radius 1 is 1.33 bits per heavy atom. The van der Waals surface area contributed by atoms with E-state index in [1.807, 2.05) is 17.5 Å².